The molecule has 0 saturated heterocycles. The van der Waals surface area contributed by atoms with E-state index in [0.29, 0.717) is 5.75 Å². The van der Waals surface area contributed by atoms with E-state index in [2.05, 4.69) is 26.8 Å². The molecule has 0 aromatic heterocycles. The van der Waals surface area contributed by atoms with Crippen LogP contribution in [0.3, 0.4) is 0 Å². The number of hydrazine groups is 1. The van der Waals surface area contributed by atoms with Crippen molar-refractivity contribution in [1.29, 1.82) is 0 Å². The molecule has 2 amide bonds. The van der Waals surface area contributed by atoms with Gasteiger partial charge in [0.2, 0.25) is 0 Å². The Kier molecular flexibility index (Phi) is 5.70. The maximum absolute atomic E-state index is 13.4. The Bertz CT molecular complexity index is 707. The van der Waals surface area contributed by atoms with E-state index >= 15 is 0 Å². The first-order chi connectivity index (χ1) is 11.0. The lowest BCUT2D eigenvalue weighted by molar-refractivity contribution is -0.128. The molecule has 0 spiro atoms. The average Bonchev–Trinajstić information content (AvgIpc) is 2.54. The van der Waals surface area contributed by atoms with Crippen LogP contribution < -0.4 is 15.6 Å². The highest BCUT2D eigenvalue weighted by Gasteiger charge is 2.17. The minimum absolute atomic E-state index is 0.158. The molecule has 0 aliphatic carbocycles. The summed E-state index contributed by atoms with van der Waals surface area (Å²) < 4.78 is 19.8. The van der Waals surface area contributed by atoms with E-state index < -0.39 is 23.7 Å². The van der Waals surface area contributed by atoms with E-state index in [1.54, 1.807) is 24.3 Å². The number of benzene rings is 2. The van der Waals surface area contributed by atoms with Crippen LogP contribution in [0.2, 0.25) is 0 Å². The molecule has 120 valence electrons. The van der Waals surface area contributed by atoms with Gasteiger partial charge in [0.15, 0.2) is 6.10 Å². The number of nitrogens with one attached hydrogen (secondary N) is 2. The number of carbonyl (C=O) groups is 2. The van der Waals surface area contributed by atoms with E-state index in [1.807, 2.05) is 0 Å². The fourth-order valence-electron chi connectivity index (χ4n) is 1.70. The van der Waals surface area contributed by atoms with Gasteiger partial charge in [-0.15, -0.1) is 0 Å². The highest BCUT2D eigenvalue weighted by Crippen LogP contribution is 2.17. The third-order valence-electron chi connectivity index (χ3n) is 2.91. The molecule has 23 heavy (non-hydrogen) atoms. The Balaban J connectivity index is 1.87. The van der Waals surface area contributed by atoms with Gasteiger partial charge in [0, 0.05) is 4.47 Å². The predicted octanol–water partition coefficient (Wildman–Crippen LogP) is 2.82. The van der Waals surface area contributed by atoms with Crippen molar-refractivity contribution < 1.29 is 18.7 Å². The number of amides is 2. The van der Waals surface area contributed by atoms with Gasteiger partial charge in [-0.05, 0) is 43.3 Å². The van der Waals surface area contributed by atoms with Gasteiger partial charge >= 0.3 is 0 Å². The zero-order chi connectivity index (χ0) is 16.8. The predicted molar refractivity (Wildman–Crippen MR) is 86.2 cm³/mol. The topological polar surface area (TPSA) is 67.4 Å². The first kappa shape index (κ1) is 17.0. The van der Waals surface area contributed by atoms with Gasteiger partial charge < -0.3 is 4.74 Å². The Hall–Kier alpha value is -2.41. The molecular formula is C16H14BrFN2O3. The molecule has 2 aromatic carbocycles. The summed E-state index contributed by atoms with van der Waals surface area (Å²) in [5, 5.41) is 0. The third kappa shape index (κ3) is 4.79. The van der Waals surface area contributed by atoms with Crippen molar-refractivity contribution in [1.82, 2.24) is 10.9 Å². The Labute approximate surface area is 140 Å². The summed E-state index contributed by atoms with van der Waals surface area (Å²) in [7, 11) is 0. The van der Waals surface area contributed by atoms with Crippen LogP contribution in [0.1, 0.15) is 17.3 Å². The molecule has 2 aromatic rings. The maximum atomic E-state index is 13.4. The van der Waals surface area contributed by atoms with Crippen molar-refractivity contribution in [3.8, 4) is 5.75 Å². The van der Waals surface area contributed by atoms with E-state index in [1.165, 1.54) is 25.1 Å². The summed E-state index contributed by atoms with van der Waals surface area (Å²) in [4.78, 5) is 23.7. The quantitative estimate of drug-likeness (QED) is 0.801. The number of halogens is 2. The average molecular weight is 381 g/mol. The van der Waals surface area contributed by atoms with Crippen LogP contribution in [-0.2, 0) is 4.79 Å². The normalized spacial score (nSPS) is 11.4. The van der Waals surface area contributed by atoms with Crippen LogP contribution in [0.15, 0.2) is 53.0 Å². The van der Waals surface area contributed by atoms with Crippen LogP contribution in [-0.4, -0.2) is 17.9 Å². The first-order valence-corrected chi connectivity index (χ1v) is 7.53. The SMILES string of the molecule is C[C@@H](Oc1ccc(Br)cc1)C(=O)NNC(=O)c1ccccc1F. The van der Waals surface area contributed by atoms with Gasteiger partial charge in [0.1, 0.15) is 11.6 Å². The van der Waals surface area contributed by atoms with Crippen LogP contribution in [0.25, 0.3) is 0 Å². The molecule has 0 unspecified atom stereocenters. The standard InChI is InChI=1S/C16H14BrFN2O3/c1-10(23-12-8-6-11(17)7-9-12)15(21)19-20-16(22)13-4-2-3-5-14(13)18/h2-10H,1H3,(H,19,21)(H,20,22)/t10-/m1/s1. The van der Waals surface area contributed by atoms with Crippen molar-refractivity contribution in [2.75, 3.05) is 0 Å². The number of hydrogen-bond donors (Lipinski definition) is 2. The van der Waals surface area contributed by atoms with Gasteiger partial charge in [-0.25, -0.2) is 4.39 Å². The molecule has 0 bridgehead atoms. The second kappa shape index (κ2) is 7.73. The zero-order valence-electron chi connectivity index (χ0n) is 12.2. The fraction of sp³-hybridized carbons (Fsp3) is 0.125. The van der Waals surface area contributed by atoms with E-state index in [0.717, 1.165) is 10.5 Å². The zero-order valence-corrected chi connectivity index (χ0v) is 13.8. The summed E-state index contributed by atoms with van der Waals surface area (Å²) in [5.41, 5.74) is 4.19. The lowest BCUT2D eigenvalue weighted by Gasteiger charge is -2.15. The number of rotatable bonds is 4. The third-order valence-corrected chi connectivity index (χ3v) is 3.44. The molecule has 2 N–H and O–H groups in total. The van der Waals surface area contributed by atoms with Crippen LogP contribution in [0.5, 0.6) is 5.75 Å². The second-order valence-electron chi connectivity index (χ2n) is 4.64. The fourth-order valence-corrected chi connectivity index (χ4v) is 1.97. The molecule has 0 radical (unpaired) electrons. The molecule has 5 nitrogen and oxygen atoms in total. The van der Waals surface area contributed by atoms with Crippen LogP contribution in [0.4, 0.5) is 4.39 Å². The first-order valence-electron chi connectivity index (χ1n) is 6.74. The molecule has 2 rings (SSSR count). The van der Waals surface area contributed by atoms with Gasteiger partial charge in [-0.2, -0.15) is 0 Å². The van der Waals surface area contributed by atoms with Crippen molar-refractivity contribution in [3.05, 3.63) is 64.4 Å². The molecule has 1 atom stereocenters. The molecule has 0 aliphatic heterocycles. The smallest absolute Gasteiger partial charge is 0.279 e. The van der Waals surface area contributed by atoms with Crippen molar-refractivity contribution in [3.63, 3.8) is 0 Å². The molecule has 0 heterocycles. The number of hydrogen-bond acceptors (Lipinski definition) is 3. The van der Waals surface area contributed by atoms with Gasteiger partial charge in [-0.1, -0.05) is 28.1 Å². The summed E-state index contributed by atoms with van der Waals surface area (Å²) in [5.74, 6) is -1.46. The van der Waals surface area contributed by atoms with Gasteiger partial charge in [-0.3, -0.25) is 20.4 Å². The summed E-state index contributed by atoms with van der Waals surface area (Å²) in [6, 6.07) is 12.4. The summed E-state index contributed by atoms with van der Waals surface area (Å²) in [6.07, 6.45) is -0.836. The molecular weight excluding hydrogens is 367 g/mol. The minimum atomic E-state index is -0.836. The van der Waals surface area contributed by atoms with Crippen molar-refractivity contribution in [2.45, 2.75) is 13.0 Å². The van der Waals surface area contributed by atoms with Gasteiger partial charge in [0.25, 0.3) is 11.8 Å². The maximum Gasteiger partial charge on any atom is 0.279 e. The molecule has 7 heteroatoms. The van der Waals surface area contributed by atoms with E-state index in [-0.39, 0.29) is 5.56 Å². The lowest BCUT2D eigenvalue weighted by Crippen LogP contribution is -2.47. The minimum Gasteiger partial charge on any atom is -0.481 e. The Morgan fingerprint density at radius 1 is 1.09 bits per heavy atom. The largest absolute Gasteiger partial charge is 0.481 e. The molecule has 0 aliphatic rings. The van der Waals surface area contributed by atoms with Crippen molar-refractivity contribution in [2.24, 2.45) is 0 Å². The van der Waals surface area contributed by atoms with Crippen LogP contribution >= 0.6 is 15.9 Å². The molecule has 0 fully saturated rings. The van der Waals surface area contributed by atoms with Gasteiger partial charge in [0.05, 0.1) is 5.56 Å². The Morgan fingerprint density at radius 3 is 2.39 bits per heavy atom. The highest BCUT2D eigenvalue weighted by molar-refractivity contribution is 9.10. The van der Waals surface area contributed by atoms with E-state index in [4.69, 9.17) is 4.74 Å². The van der Waals surface area contributed by atoms with Crippen LogP contribution in [0, 0.1) is 5.82 Å². The highest BCUT2D eigenvalue weighted by atomic mass is 79.9. The number of ether oxygens (including phenoxy) is 1. The lowest BCUT2D eigenvalue weighted by atomic mass is 10.2. The van der Waals surface area contributed by atoms with Crippen molar-refractivity contribution >= 4 is 27.7 Å². The summed E-state index contributed by atoms with van der Waals surface area (Å²) >= 11 is 3.30. The summed E-state index contributed by atoms with van der Waals surface area (Å²) in [6.45, 7) is 1.53. The number of carbonyl (C=O) groups excluding carboxylic acids is 2. The van der Waals surface area contributed by atoms with E-state index in [9.17, 15) is 14.0 Å². The molecule has 0 saturated carbocycles. The Morgan fingerprint density at radius 2 is 1.74 bits per heavy atom. The second-order valence-corrected chi connectivity index (χ2v) is 5.55. The monoisotopic (exact) mass is 380 g/mol.